The Balaban J connectivity index is 1.67. The Hall–Kier alpha value is -2.97. The number of aryl methyl sites for hydroxylation is 1. The molecule has 0 bridgehead atoms. The summed E-state index contributed by atoms with van der Waals surface area (Å²) in [5.41, 5.74) is 2.21. The number of carbonyl (C=O) groups is 1. The van der Waals surface area contributed by atoms with E-state index in [-0.39, 0.29) is 22.9 Å². The van der Waals surface area contributed by atoms with E-state index in [1.54, 1.807) is 12.1 Å². The summed E-state index contributed by atoms with van der Waals surface area (Å²) >= 11 is 0. The van der Waals surface area contributed by atoms with Gasteiger partial charge in [-0.25, -0.2) is 18.1 Å². The molecule has 0 aliphatic heterocycles. The van der Waals surface area contributed by atoms with Crippen molar-refractivity contribution in [1.29, 1.82) is 0 Å². The molecular formula is C20H22N4O3S. The van der Waals surface area contributed by atoms with Gasteiger partial charge in [0.25, 0.3) is 5.91 Å². The summed E-state index contributed by atoms with van der Waals surface area (Å²) in [6.07, 6.45) is 1.45. The summed E-state index contributed by atoms with van der Waals surface area (Å²) in [6.45, 7) is 6.49. The smallest absolute Gasteiger partial charge is 0.251 e. The molecule has 8 heteroatoms. The molecular weight excluding hydrogens is 376 g/mol. The fraction of sp³-hybridized carbons (Fsp3) is 0.200. The van der Waals surface area contributed by atoms with Gasteiger partial charge in [-0.05, 0) is 37.3 Å². The van der Waals surface area contributed by atoms with Crippen LogP contribution in [0.3, 0.4) is 0 Å². The van der Waals surface area contributed by atoms with Crippen molar-refractivity contribution >= 4 is 27.0 Å². The van der Waals surface area contributed by atoms with Gasteiger partial charge in [0.15, 0.2) is 0 Å². The lowest BCUT2D eigenvalue weighted by Gasteiger charge is -2.10. The standard InChI is InChI=1S/C20H22N4O3S/c1-3-11-22-28(26,27)17-8-6-7-16(14-17)20(25)21-12-13-24-15(2)23-18-9-4-5-10-19(18)24/h3-10,14,22H,1,11-13H2,2H3,(H,21,25). The lowest BCUT2D eigenvalue weighted by atomic mass is 10.2. The average Bonchev–Trinajstić information content (AvgIpc) is 3.02. The minimum atomic E-state index is -3.68. The Kier molecular flexibility index (Phi) is 5.91. The van der Waals surface area contributed by atoms with E-state index in [1.807, 2.05) is 35.8 Å². The molecule has 28 heavy (non-hydrogen) atoms. The molecule has 0 unspecified atom stereocenters. The number of fused-ring (bicyclic) bond motifs is 1. The highest BCUT2D eigenvalue weighted by Crippen LogP contribution is 2.15. The van der Waals surface area contributed by atoms with Crippen molar-refractivity contribution in [3.05, 3.63) is 72.6 Å². The van der Waals surface area contributed by atoms with E-state index in [0.29, 0.717) is 13.1 Å². The number of para-hydroxylation sites is 2. The van der Waals surface area contributed by atoms with Crippen LogP contribution in [0.4, 0.5) is 0 Å². The predicted octanol–water partition coefficient (Wildman–Crippen LogP) is 2.24. The van der Waals surface area contributed by atoms with Crippen LogP contribution in [0.1, 0.15) is 16.2 Å². The quantitative estimate of drug-likeness (QED) is 0.569. The molecule has 146 valence electrons. The number of sulfonamides is 1. The van der Waals surface area contributed by atoms with Crippen LogP contribution in [0.25, 0.3) is 11.0 Å². The molecule has 0 spiro atoms. The third-order valence-corrected chi connectivity index (χ3v) is 5.71. The highest BCUT2D eigenvalue weighted by atomic mass is 32.2. The van der Waals surface area contributed by atoms with Crippen LogP contribution in [0.2, 0.25) is 0 Å². The van der Waals surface area contributed by atoms with Crippen molar-refractivity contribution in [2.24, 2.45) is 0 Å². The number of nitrogens with zero attached hydrogens (tertiary/aromatic N) is 2. The molecule has 3 aromatic rings. The molecule has 1 amide bonds. The molecule has 1 heterocycles. The molecule has 0 aliphatic carbocycles. The number of hydrogen-bond acceptors (Lipinski definition) is 4. The van der Waals surface area contributed by atoms with Crippen molar-refractivity contribution < 1.29 is 13.2 Å². The van der Waals surface area contributed by atoms with Crippen molar-refractivity contribution in [3.8, 4) is 0 Å². The monoisotopic (exact) mass is 398 g/mol. The highest BCUT2D eigenvalue weighted by molar-refractivity contribution is 7.89. The first-order chi connectivity index (χ1) is 13.4. The Labute approximate surface area is 164 Å². The van der Waals surface area contributed by atoms with Crippen LogP contribution in [-0.2, 0) is 16.6 Å². The number of rotatable bonds is 8. The number of benzene rings is 2. The van der Waals surface area contributed by atoms with Gasteiger partial charge in [0, 0.05) is 25.2 Å². The van der Waals surface area contributed by atoms with Crippen LogP contribution < -0.4 is 10.0 Å². The second-order valence-electron chi connectivity index (χ2n) is 6.22. The van der Waals surface area contributed by atoms with Gasteiger partial charge in [-0.2, -0.15) is 0 Å². The number of amides is 1. The van der Waals surface area contributed by atoms with E-state index in [9.17, 15) is 13.2 Å². The first kappa shape index (κ1) is 19.8. The van der Waals surface area contributed by atoms with E-state index in [2.05, 4.69) is 21.6 Å². The van der Waals surface area contributed by atoms with E-state index < -0.39 is 10.0 Å². The number of carbonyl (C=O) groups excluding carboxylic acids is 1. The zero-order valence-corrected chi connectivity index (χ0v) is 16.4. The van der Waals surface area contributed by atoms with Crippen LogP contribution in [0.15, 0.2) is 66.1 Å². The Morgan fingerprint density at radius 1 is 1.21 bits per heavy atom. The second-order valence-corrected chi connectivity index (χ2v) is 7.99. The minimum Gasteiger partial charge on any atom is -0.350 e. The van der Waals surface area contributed by atoms with Crippen molar-refractivity contribution in [2.45, 2.75) is 18.4 Å². The maximum atomic E-state index is 12.4. The third-order valence-electron chi connectivity index (χ3n) is 4.29. The zero-order chi connectivity index (χ0) is 20.1. The SMILES string of the molecule is C=CCNS(=O)(=O)c1cccc(C(=O)NCCn2c(C)nc3ccccc32)c1. The fourth-order valence-corrected chi connectivity index (χ4v) is 3.96. The number of hydrogen-bond donors (Lipinski definition) is 2. The molecule has 2 aromatic carbocycles. The van der Waals surface area contributed by atoms with Crippen molar-refractivity contribution in [2.75, 3.05) is 13.1 Å². The van der Waals surface area contributed by atoms with E-state index in [0.717, 1.165) is 16.9 Å². The van der Waals surface area contributed by atoms with Crippen molar-refractivity contribution in [1.82, 2.24) is 19.6 Å². The fourth-order valence-electron chi connectivity index (χ4n) is 2.92. The van der Waals surface area contributed by atoms with Crippen LogP contribution in [0.5, 0.6) is 0 Å². The summed E-state index contributed by atoms with van der Waals surface area (Å²) in [4.78, 5) is 17.0. The van der Waals surface area contributed by atoms with Gasteiger partial charge >= 0.3 is 0 Å². The Morgan fingerprint density at radius 2 is 2.00 bits per heavy atom. The van der Waals surface area contributed by atoms with Gasteiger partial charge in [-0.15, -0.1) is 6.58 Å². The molecule has 0 radical (unpaired) electrons. The topological polar surface area (TPSA) is 93.1 Å². The number of imidazole rings is 1. The summed E-state index contributed by atoms with van der Waals surface area (Å²) < 4.78 is 28.8. The van der Waals surface area contributed by atoms with Gasteiger partial charge in [0.2, 0.25) is 10.0 Å². The average molecular weight is 398 g/mol. The Morgan fingerprint density at radius 3 is 2.79 bits per heavy atom. The highest BCUT2D eigenvalue weighted by Gasteiger charge is 2.15. The van der Waals surface area contributed by atoms with Crippen LogP contribution in [0, 0.1) is 6.92 Å². The van der Waals surface area contributed by atoms with Gasteiger partial charge < -0.3 is 9.88 Å². The lowest BCUT2D eigenvalue weighted by Crippen LogP contribution is -2.28. The first-order valence-corrected chi connectivity index (χ1v) is 10.3. The van der Waals surface area contributed by atoms with Gasteiger partial charge in [-0.1, -0.05) is 24.3 Å². The molecule has 3 rings (SSSR count). The van der Waals surface area contributed by atoms with Gasteiger partial charge in [0.1, 0.15) is 5.82 Å². The molecule has 0 fully saturated rings. The lowest BCUT2D eigenvalue weighted by molar-refractivity contribution is 0.0952. The molecule has 0 saturated carbocycles. The molecule has 1 aromatic heterocycles. The van der Waals surface area contributed by atoms with Gasteiger partial charge in [-0.3, -0.25) is 4.79 Å². The van der Waals surface area contributed by atoms with E-state index >= 15 is 0 Å². The van der Waals surface area contributed by atoms with Crippen LogP contribution >= 0.6 is 0 Å². The predicted molar refractivity (Wildman–Crippen MR) is 109 cm³/mol. The maximum absolute atomic E-state index is 12.4. The van der Waals surface area contributed by atoms with Gasteiger partial charge in [0.05, 0.1) is 15.9 Å². The summed E-state index contributed by atoms with van der Waals surface area (Å²) in [5, 5.41) is 2.83. The first-order valence-electron chi connectivity index (χ1n) is 8.83. The zero-order valence-electron chi connectivity index (χ0n) is 15.6. The third kappa shape index (κ3) is 4.29. The number of nitrogens with one attached hydrogen (secondary N) is 2. The molecule has 2 N–H and O–H groups in total. The molecule has 0 saturated heterocycles. The minimum absolute atomic E-state index is 0.0402. The van der Waals surface area contributed by atoms with Crippen molar-refractivity contribution in [3.63, 3.8) is 0 Å². The van der Waals surface area contributed by atoms with E-state index in [4.69, 9.17) is 0 Å². The summed E-state index contributed by atoms with van der Waals surface area (Å²) in [6, 6.07) is 13.8. The van der Waals surface area contributed by atoms with E-state index in [1.165, 1.54) is 18.2 Å². The summed E-state index contributed by atoms with van der Waals surface area (Å²) in [7, 11) is -3.68. The largest absolute Gasteiger partial charge is 0.350 e. The second kappa shape index (κ2) is 8.37. The number of aromatic nitrogens is 2. The van der Waals surface area contributed by atoms with Crippen LogP contribution in [-0.4, -0.2) is 37.0 Å². The normalized spacial score (nSPS) is 11.5. The molecule has 0 atom stereocenters. The molecule has 7 nitrogen and oxygen atoms in total. The summed E-state index contributed by atoms with van der Waals surface area (Å²) in [5.74, 6) is 0.541. The Bertz CT molecular complexity index is 1120. The molecule has 0 aliphatic rings. The maximum Gasteiger partial charge on any atom is 0.251 e.